The molecular weight excluding hydrogens is 432 g/mol. The van der Waals surface area contributed by atoms with Gasteiger partial charge in [-0.3, -0.25) is 9.78 Å². The standard InChI is InChI=1S/C23H23ClN4O2S/c1-13(2)22(29)26-17-9-8-15(12-16(17)24)28-21(19-10-7-14(3)30-19)20(27-23(28)31)18-6-4-5-11-25-18/h4-13,20-21H,1-3H3,(H,26,29)(H,27,31)/t20-,21+/m0/s1. The summed E-state index contributed by atoms with van der Waals surface area (Å²) < 4.78 is 5.99. The van der Waals surface area contributed by atoms with E-state index in [1.165, 1.54) is 0 Å². The number of anilines is 2. The second kappa shape index (κ2) is 8.69. The van der Waals surface area contributed by atoms with Gasteiger partial charge in [-0.1, -0.05) is 31.5 Å². The van der Waals surface area contributed by atoms with Crippen LogP contribution in [0.2, 0.25) is 5.02 Å². The van der Waals surface area contributed by atoms with Crippen LogP contribution in [0.4, 0.5) is 11.4 Å². The molecule has 0 radical (unpaired) electrons. The van der Waals surface area contributed by atoms with Crippen molar-refractivity contribution in [2.24, 2.45) is 5.92 Å². The normalized spacial score (nSPS) is 18.4. The SMILES string of the molecule is Cc1ccc([C@@H]2[C@H](c3ccccn3)NC(=S)N2c2ccc(NC(=O)C(C)C)c(Cl)c2)o1. The van der Waals surface area contributed by atoms with Gasteiger partial charge in [-0.25, -0.2) is 0 Å². The number of rotatable bonds is 5. The highest BCUT2D eigenvalue weighted by atomic mass is 35.5. The Kier molecular flexibility index (Phi) is 5.98. The summed E-state index contributed by atoms with van der Waals surface area (Å²) in [5.41, 5.74) is 2.22. The van der Waals surface area contributed by atoms with E-state index < -0.39 is 0 Å². The number of thiocarbonyl (C=S) groups is 1. The smallest absolute Gasteiger partial charge is 0.226 e. The highest BCUT2D eigenvalue weighted by Gasteiger charge is 2.42. The third-order valence-corrected chi connectivity index (χ3v) is 5.79. The fraction of sp³-hybridized carbons (Fsp3) is 0.261. The number of halogens is 1. The molecule has 0 aliphatic carbocycles. The average Bonchev–Trinajstić information content (AvgIpc) is 3.32. The van der Waals surface area contributed by atoms with Crippen LogP contribution in [0.5, 0.6) is 0 Å². The number of hydrogen-bond acceptors (Lipinski definition) is 4. The van der Waals surface area contributed by atoms with E-state index in [-0.39, 0.29) is 23.9 Å². The molecule has 160 valence electrons. The first-order valence-corrected chi connectivity index (χ1v) is 10.8. The number of carbonyl (C=O) groups is 1. The van der Waals surface area contributed by atoms with Gasteiger partial charge in [0.2, 0.25) is 5.91 Å². The van der Waals surface area contributed by atoms with Crippen LogP contribution >= 0.6 is 23.8 Å². The van der Waals surface area contributed by atoms with Crippen molar-refractivity contribution in [1.29, 1.82) is 0 Å². The molecule has 31 heavy (non-hydrogen) atoms. The van der Waals surface area contributed by atoms with Crippen molar-refractivity contribution in [3.8, 4) is 0 Å². The minimum Gasteiger partial charge on any atom is -0.464 e. The second-order valence-corrected chi connectivity index (χ2v) is 8.55. The quantitative estimate of drug-likeness (QED) is 0.502. The van der Waals surface area contributed by atoms with E-state index in [1.54, 1.807) is 18.3 Å². The number of aromatic nitrogens is 1. The van der Waals surface area contributed by atoms with Gasteiger partial charge in [0.05, 0.1) is 22.4 Å². The van der Waals surface area contributed by atoms with E-state index in [1.807, 2.05) is 62.1 Å². The highest BCUT2D eigenvalue weighted by molar-refractivity contribution is 7.80. The lowest BCUT2D eigenvalue weighted by Crippen LogP contribution is -2.29. The van der Waals surface area contributed by atoms with Crippen molar-refractivity contribution < 1.29 is 9.21 Å². The number of aryl methyl sites for hydroxylation is 1. The Hall–Kier alpha value is -2.90. The second-order valence-electron chi connectivity index (χ2n) is 7.75. The Morgan fingerprint density at radius 1 is 1.26 bits per heavy atom. The molecule has 2 N–H and O–H groups in total. The van der Waals surface area contributed by atoms with Crippen LogP contribution in [-0.2, 0) is 4.79 Å². The van der Waals surface area contributed by atoms with E-state index >= 15 is 0 Å². The molecule has 0 spiro atoms. The molecule has 1 saturated heterocycles. The summed E-state index contributed by atoms with van der Waals surface area (Å²) in [6.07, 6.45) is 1.76. The molecule has 2 aromatic heterocycles. The van der Waals surface area contributed by atoms with Crippen LogP contribution in [0.1, 0.15) is 43.1 Å². The number of pyridine rings is 1. The zero-order valence-electron chi connectivity index (χ0n) is 17.4. The number of hydrogen-bond donors (Lipinski definition) is 2. The fourth-order valence-electron chi connectivity index (χ4n) is 3.57. The average molecular weight is 455 g/mol. The van der Waals surface area contributed by atoms with Gasteiger partial charge in [-0.2, -0.15) is 0 Å². The third kappa shape index (κ3) is 4.29. The van der Waals surface area contributed by atoms with Crippen molar-refractivity contribution in [3.05, 3.63) is 77.0 Å². The molecule has 1 aromatic carbocycles. The Morgan fingerprint density at radius 2 is 2.06 bits per heavy atom. The summed E-state index contributed by atoms with van der Waals surface area (Å²) in [7, 11) is 0. The van der Waals surface area contributed by atoms with Crippen molar-refractivity contribution in [2.75, 3.05) is 10.2 Å². The van der Waals surface area contributed by atoms with Crippen molar-refractivity contribution in [3.63, 3.8) is 0 Å². The maximum absolute atomic E-state index is 12.1. The lowest BCUT2D eigenvalue weighted by Gasteiger charge is -2.26. The van der Waals surface area contributed by atoms with Crippen LogP contribution in [0.25, 0.3) is 0 Å². The van der Waals surface area contributed by atoms with Gasteiger partial charge in [-0.05, 0) is 61.6 Å². The molecule has 0 unspecified atom stereocenters. The van der Waals surface area contributed by atoms with Crippen molar-refractivity contribution in [2.45, 2.75) is 32.9 Å². The van der Waals surface area contributed by atoms with E-state index in [2.05, 4.69) is 15.6 Å². The lowest BCUT2D eigenvalue weighted by atomic mass is 10.0. The Bertz CT molecular complexity index is 1120. The molecule has 8 heteroatoms. The van der Waals surface area contributed by atoms with Crippen molar-refractivity contribution >= 4 is 46.2 Å². The van der Waals surface area contributed by atoms with E-state index in [4.69, 9.17) is 28.2 Å². The first-order valence-electron chi connectivity index (χ1n) is 10.0. The molecule has 6 nitrogen and oxygen atoms in total. The number of nitrogens with zero attached hydrogens (tertiary/aromatic N) is 2. The molecule has 0 bridgehead atoms. The van der Waals surface area contributed by atoms with Crippen LogP contribution in [-0.4, -0.2) is 16.0 Å². The topological polar surface area (TPSA) is 70.4 Å². The number of nitrogens with one attached hydrogen (secondary N) is 2. The van der Waals surface area contributed by atoms with Gasteiger partial charge in [0, 0.05) is 17.8 Å². The molecule has 3 heterocycles. The van der Waals surface area contributed by atoms with Gasteiger partial charge >= 0.3 is 0 Å². The summed E-state index contributed by atoms with van der Waals surface area (Å²) in [5, 5.41) is 7.21. The predicted molar refractivity (Wildman–Crippen MR) is 126 cm³/mol. The van der Waals surface area contributed by atoms with Gasteiger partial charge in [0.1, 0.15) is 17.6 Å². The van der Waals surface area contributed by atoms with E-state index in [0.29, 0.717) is 15.8 Å². The molecule has 1 fully saturated rings. The molecule has 2 atom stereocenters. The summed E-state index contributed by atoms with van der Waals surface area (Å²) in [4.78, 5) is 18.6. The number of amides is 1. The lowest BCUT2D eigenvalue weighted by molar-refractivity contribution is -0.118. The maximum atomic E-state index is 12.1. The van der Waals surface area contributed by atoms with Crippen molar-refractivity contribution in [1.82, 2.24) is 10.3 Å². The van der Waals surface area contributed by atoms with Gasteiger partial charge in [0.25, 0.3) is 0 Å². The predicted octanol–water partition coefficient (Wildman–Crippen LogP) is 5.41. The number of furan rings is 1. The fourth-order valence-corrected chi connectivity index (χ4v) is 4.13. The van der Waals surface area contributed by atoms with Gasteiger partial charge in [0.15, 0.2) is 5.11 Å². The first-order chi connectivity index (χ1) is 14.8. The van der Waals surface area contributed by atoms with E-state index in [9.17, 15) is 4.79 Å². The molecule has 1 amide bonds. The minimum absolute atomic E-state index is 0.0906. The zero-order valence-corrected chi connectivity index (χ0v) is 19.0. The minimum atomic E-state index is -0.247. The van der Waals surface area contributed by atoms with E-state index in [0.717, 1.165) is 22.9 Å². The summed E-state index contributed by atoms with van der Waals surface area (Å²) in [5.74, 6) is 1.36. The van der Waals surface area contributed by atoms with Gasteiger partial charge < -0.3 is 20.0 Å². The largest absolute Gasteiger partial charge is 0.464 e. The summed E-state index contributed by atoms with van der Waals surface area (Å²) >= 11 is 12.2. The van der Waals surface area contributed by atoms with Crippen LogP contribution in [0, 0.1) is 12.8 Å². The van der Waals surface area contributed by atoms with Gasteiger partial charge in [-0.15, -0.1) is 0 Å². The maximum Gasteiger partial charge on any atom is 0.226 e. The molecule has 0 saturated carbocycles. The van der Waals surface area contributed by atoms with Crippen LogP contribution < -0.4 is 15.5 Å². The zero-order chi connectivity index (χ0) is 22.1. The molecule has 1 aliphatic rings. The third-order valence-electron chi connectivity index (χ3n) is 5.16. The summed E-state index contributed by atoms with van der Waals surface area (Å²) in [6.45, 7) is 5.58. The Balaban J connectivity index is 1.73. The molecular formula is C23H23ClN4O2S. The Labute approximate surface area is 191 Å². The molecule has 1 aliphatic heterocycles. The number of benzene rings is 1. The molecule has 3 aromatic rings. The monoisotopic (exact) mass is 454 g/mol. The van der Waals surface area contributed by atoms with Crippen LogP contribution in [0.15, 0.2) is 59.1 Å². The van der Waals surface area contributed by atoms with Crippen LogP contribution in [0.3, 0.4) is 0 Å². The summed E-state index contributed by atoms with van der Waals surface area (Å²) in [6, 6.07) is 14.7. The first kappa shape index (κ1) is 21.3. The highest BCUT2D eigenvalue weighted by Crippen LogP contribution is 2.43. The number of carbonyl (C=O) groups excluding carboxylic acids is 1. The Morgan fingerprint density at radius 3 is 2.68 bits per heavy atom. The molecule has 4 rings (SSSR count).